The fraction of sp³-hybridized carbons (Fsp3) is 0.250. The molecule has 2 aromatic rings. The van der Waals surface area contributed by atoms with Crippen molar-refractivity contribution in [2.24, 2.45) is 0 Å². The van der Waals surface area contributed by atoms with E-state index in [4.69, 9.17) is 0 Å². The lowest BCUT2D eigenvalue weighted by Crippen LogP contribution is -1.73. The van der Waals surface area contributed by atoms with Crippen molar-refractivity contribution in [2.75, 3.05) is 6.26 Å². The van der Waals surface area contributed by atoms with Crippen LogP contribution in [0.15, 0.2) is 24.6 Å². The lowest BCUT2D eigenvalue weighted by Gasteiger charge is -1.91. The summed E-state index contributed by atoms with van der Waals surface area (Å²) in [5.41, 5.74) is 0. The smallest absolute Gasteiger partial charge is 0.147 e. The highest BCUT2D eigenvalue weighted by atomic mass is 79.9. The molecule has 0 aromatic carbocycles. The number of thioether (sulfide) groups is 2. The van der Waals surface area contributed by atoms with Crippen LogP contribution in [0.25, 0.3) is 0 Å². The van der Waals surface area contributed by atoms with E-state index < -0.39 is 0 Å². The number of thiophene rings is 1. The Kier molecular flexibility index (Phi) is 4.51. The molecular formula is C8H7BrN2S4. The molecule has 0 radical (unpaired) electrons. The summed E-state index contributed by atoms with van der Waals surface area (Å²) in [5.74, 6) is 0.972. The monoisotopic (exact) mass is 338 g/mol. The van der Waals surface area contributed by atoms with Crippen molar-refractivity contribution >= 4 is 62.1 Å². The van der Waals surface area contributed by atoms with Crippen LogP contribution in [-0.2, 0) is 5.75 Å². The van der Waals surface area contributed by atoms with Gasteiger partial charge in [-0.3, -0.25) is 0 Å². The molecule has 0 saturated carbocycles. The summed E-state index contributed by atoms with van der Waals surface area (Å²) in [5, 5.41) is 10.3. The summed E-state index contributed by atoms with van der Waals surface area (Å²) in [7, 11) is 0. The fourth-order valence-corrected chi connectivity index (χ4v) is 4.84. The van der Waals surface area contributed by atoms with Gasteiger partial charge >= 0.3 is 0 Å². The number of aromatic nitrogens is 2. The molecule has 0 N–H and O–H groups in total. The molecule has 0 amide bonds. The molecule has 2 nitrogen and oxygen atoms in total. The van der Waals surface area contributed by atoms with Gasteiger partial charge in [-0.05, 0) is 28.3 Å². The third-order valence-corrected chi connectivity index (χ3v) is 6.48. The molecule has 0 saturated heterocycles. The predicted molar refractivity (Wildman–Crippen MR) is 73.3 cm³/mol. The van der Waals surface area contributed by atoms with Crippen molar-refractivity contribution in [1.82, 2.24) is 10.2 Å². The van der Waals surface area contributed by atoms with Gasteiger partial charge in [0.2, 0.25) is 0 Å². The molecule has 0 spiro atoms. The van der Waals surface area contributed by atoms with E-state index in [0.29, 0.717) is 0 Å². The highest BCUT2D eigenvalue weighted by molar-refractivity contribution is 9.10. The van der Waals surface area contributed by atoms with Gasteiger partial charge in [0.05, 0.1) is 0 Å². The summed E-state index contributed by atoms with van der Waals surface area (Å²) in [6.45, 7) is 0. The van der Waals surface area contributed by atoms with E-state index >= 15 is 0 Å². The Balaban J connectivity index is 1.93. The van der Waals surface area contributed by atoms with Gasteiger partial charge in [0.1, 0.15) is 0 Å². The van der Waals surface area contributed by atoms with Crippen LogP contribution in [0, 0.1) is 0 Å². The molecule has 2 heterocycles. The predicted octanol–water partition coefficient (Wildman–Crippen LogP) is 4.38. The van der Waals surface area contributed by atoms with Crippen molar-refractivity contribution in [3.8, 4) is 0 Å². The van der Waals surface area contributed by atoms with Gasteiger partial charge in [-0.15, -0.1) is 21.5 Å². The van der Waals surface area contributed by atoms with Crippen LogP contribution in [0.5, 0.6) is 0 Å². The molecule has 2 aromatic heterocycles. The zero-order chi connectivity index (χ0) is 10.7. The zero-order valence-corrected chi connectivity index (χ0v) is 12.6. The van der Waals surface area contributed by atoms with E-state index in [1.807, 2.05) is 6.26 Å². The quantitative estimate of drug-likeness (QED) is 0.772. The van der Waals surface area contributed by atoms with E-state index in [1.54, 1.807) is 46.2 Å². The highest BCUT2D eigenvalue weighted by Crippen LogP contribution is 2.31. The van der Waals surface area contributed by atoms with Gasteiger partial charge in [-0.25, -0.2) is 0 Å². The second-order valence-corrected chi connectivity index (χ2v) is 7.72. The standard InChI is InChI=1S/C8H7BrN2S4/c1-12-7-10-11-8(15-7)14-4-6-2-5(9)3-13-6/h2-3H,4H2,1H3. The average molecular weight is 339 g/mol. The topological polar surface area (TPSA) is 25.8 Å². The maximum absolute atomic E-state index is 4.11. The molecule has 0 aliphatic heterocycles. The van der Waals surface area contributed by atoms with Crippen molar-refractivity contribution < 1.29 is 0 Å². The van der Waals surface area contributed by atoms with Gasteiger partial charge in [-0.1, -0.05) is 34.9 Å². The minimum absolute atomic E-state index is 0.972. The second-order valence-electron chi connectivity index (χ2n) is 2.56. The third-order valence-electron chi connectivity index (χ3n) is 1.52. The average Bonchev–Trinajstić information content (AvgIpc) is 2.83. The van der Waals surface area contributed by atoms with Crippen molar-refractivity contribution in [3.05, 3.63) is 20.8 Å². The van der Waals surface area contributed by atoms with Crippen molar-refractivity contribution in [2.45, 2.75) is 14.4 Å². The number of hydrogen-bond donors (Lipinski definition) is 0. The summed E-state index contributed by atoms with van der Waals surface area (Å²) in [4.78, 5) is 1.35. The van der Waals surface area contributed by atoms with Crippen molar-refractivity contribution in [1.29, 1.82) is 0 Å². The van der Waals surface area contributed by atoms with Crippen LogP contribution in [-0.4, -0.2) is 16.5 Å². The summed E-state index contributed by atoms with van der Waals surface area (Å²) in [6, 6.07) is 2.15. The first-order chi connectivity index (χ1) is 7.28. The Hall–Kier alpha value is 0.440. The Bertz CT molecular complexity index is 439. The lowest BCUT2D eigenvalue weighted by molar-refractivity contribution is 0.956. The lowest BCUT2D eigenvalue weighted by atomic mass is 10.5. The van der Waals surface area contributed by atoms with Crippen molar-refractivity contribution in [3.63, 3.8) is 0 Å². The molecule has 7 heteroatoms. The number of halogens is 1. The van der Waals surface area contributed by atoms with Crippen LogP contribution < -0.4 is 0 Å². The van der Waals surface area contributed by atoms with Gasteiger partial charge < -0.3 is 0 Å². The zero-order valence-electron chi connectivity index (χ0n) is 7.77. The van der Waals surface area contributed by atoms with Crippen LogP contribution in [0.3, 0.4) is 0 Å². The number of hydrogen-bond acceptors (Lipinski definition) is 6. The normalized spacial score (nSPS) is 10.8. The van der Waals surface area contributed by atoms with Crippen LogP contribution >= 0.6 is 62.1 Å². The molecule has 0 unspecified atom stereocenters. The molecule has 0 fully saturated rings. The molecule has 2 rings (SSSR count). The molecule has 80 valence electrons. The number of rotatable bonds is 4. The van der Waals surface area contributed by atoms with Gasteiger partial charge in [0, 0.05) is 20.5 Å². The van der Waals surface area contributed by atoms with E-state index in [0.717, 1.165) is 18.9 Å². The van der Waals surface area contributed by atoms with Gasteiger partial charge in [0.15, 0.2) is 8.68 Å². The SMILES string of the molecule is CSc1nnc(SCc2cc(Br)cs2)s1. The number of nitrogens with zero attached hydrogens (tertiary/aromatic N) is 2. The molecule has 0 aliphatic rings. The van der Waals surface area contributed by atoms with Gasteiger partial charge in [0.25, 0.3) is 0 Å². The minimum Gasteiger partial charge on any atom is -0.147 e. The molecule has 0 bridgehead atoms. The first-order valence-corrected chi connectivity index (χ1v) is 8.71. The first kappa shape index (κ1) is 11.9. The summed E-state index contributed by atoms with van der Waals surface area (Å²) < 4.78 is 3.24. The fourth-order valence-electron chi connectivity index (χ4n) is 0.900. The molecule has 0 aliphatic carbocycles. The highest BCUT2D eigenvalue weighted by Gasteiger charge is 2.05. The Labute approximate surface area is 113 Å². The maximum Gasteiger partial charge on any atom is 0.175 e. The Morgan fingerprint density at radius 1 is 1.40 bits per heavy atom. The second kappa shape index (κ2) is 5.67. The molecule has 0 atom stereocenters. The summed E-state index contributed by atoms with van der Waals surface area (Å²) in [6.07, 6.45) is 2.02. The molecule has 15 heavy (non-hydrogen) atoms. The Morgan fingerprint density at radius 3 is 2.80 bits per heavy atom. The Morgan fingerprint density at radius 2 is 2.20 bits per heavy atom. The minimum atomic E-state index is 0.972. The largest absolute Gasteiger partial charge is 0.175 e. The van der Waals surface area contributed by atoms with E-state index in [9.17, 15) is 0 Å². The molecular weight excluding hydrogens is 332 g/mol. The third kappa shape index (κ3) is 3.45. The maximum atomic E-state index is 4.11. The summed E-state index contributed by atoms with van der Waals surface area (Å²) >= 11 is 10.3. The first-order valence-electron chi connectivity index (χ1n) is 4.01. The van der Waals surface area contributed by atoms with E-state index in [1.165, 1.54) is 4.88 Å². The van der Waals surface area contributed by atoms with E-state index in [-0.39, 0.29) is 0 Å². The van der Waals surface area contributed by atoms with E-state index in [2.05, 4.69) is 37.6 Å². The van der Waals surface area contributed by atoms with Gasteiger partial charge in [-0.2, -0.15) is 0 Å². The van der Waals surface area contributed by atoms with Crippen LogP contribution in [0.4, 0.5) is 0 Å². The van der Waals surface area contributed by atoms with Crippen LogP contribution in [0.1, 0.15) is 4.88 Å². The van der Waals surface area contributed by atoms with Crippen LogP contribution in [0.2, 0.25) is 0 Å².